The number of likely N-dealkylation sites (tertiary alicyclic amines) is 1. The van der Waals surface area contributed by atoms with E-state index in [4.69, 9.17) is 23.2 Å². The molecule has 0 bridgehead atoms. The minimum atomic E-state index is -0.309. The largest absolute Gasteiger partial charge is 0.383 e. The van der Waals surface area contributed by atoms with Gasteiger partial charge in [0.05, 0.1) is 17.8 Å². The molecule has 10 heteroatoms. The SMILES string of the molecule is C/C(F)=C(\C)Cl.C/C=C\CC.CCC.CN=C(NN)c1cc(-c2cnn(C3CCN(C)CC3)c2)cnc1N. The lowest BCUT2D eigenvalue weighted by atomic mass is 10.1. The number of nitrogens with two attached hydrogens (primary N) is 2. The van der Waals surface area contributed by atoms with Gasteiger partial charge >= 0.3 is 0 Å². The summed E-state index contributed by atoms with van der Waals surface area (Å²) in [6.45, 7) is 13.4. The van der Waals surface area contributed by atoms with Crippen molar-refractivity contribution in [2.75, 3.05) is 32.9 Å². The molecule has 3 rings (SSSR count). The van der Waals surface area contributed by atoms with Crippen LogP contribution in [0.1, 0.15) is 78.8 Å². The number of hydrogen-bond donors (Lipinski definition) is 3. The summed E-state index contributed by atoms with van der Waals surface area (Å²) in [5.41, 5.74) is 11.1. The van der Waals surface area contributed by atoms with E-state index in [-0.39, 0.29) is 10.9 Å². The Kier molecular flexibility index (Phi) is 18.8. The molecular weight excluding hydrogens is 503 g/mol. The molecule has 1 aliphatic heterocycles. The highest BCUT2D eigenvalue weighted by Crippen LogP contribution is 2.26. The summed E-state index contributed by atoms with van der Waals surface area (Å²) in [4.78, 5) is 10.7. The summed E-state index contributed by atoms with van der Waals surface area (Å²) in [5, 5.41) is 4.78. The highest BCUT2D eigenvalue weighted by molar-refractivity contribution is 6.29. The van der Waals surface area contributed by atoms with Gasteiger partial charge in [-0.1, -0.05) is 50.9 Å². The standard InChI is InChI=1S/C16H24N8.C5H10.C4H6ClF.C3H8/c1-19-16(22-18)14-7-11(8-20-15(14)17)12-9-21-24(10-12)13-3-5-23(2)6-4-13;1-3-5-4-2;1-3(5)4(2)6;1-3-2/h7-10,13H,3-6,18H2,1-2H3,(H2,17,20)(H,19,22);3,5H,4H2,1-2H3;1-2H3;3H2,1-2H3/b;5-3-;4-3-;. The van der Waals surface area contributed by atoms with Crippen LogP contribution in [0.2, 0.25) is 0 Å². The van der Waals surface area contributed by atoms with Crippen LogP contribution in [0.15, 0.2) is 52.7 Å². The maximum Gasteiger partial charge on any atom is 0.146 e. The van der Waals surface area contributed by atoms with Gasteiger partial charge in [0.1, 0.15) is 17.5 Å². The lowest BCUT2D eigenvalue weighted by Gasteiger charge is -2.28. The second kappa shape index (κ2) is 20.2. The fourth-order valence-corrected chi connectivity index (χ4v) is 3.27. The predicted molar refractivity (Wildman–Crippen MR) is 162 cm³/mol. The maximum absolute atomic E-state index is 11.6. The Morgan fingerprint density at radius 1 is 1.21 bits per heavy atom. The van der Waals surface area contributed by atoms with Crippen LogP contribution in [0.3, 0.4) is 0 Å². The number of nitrogens with zero attached hydrogens (tertiary/aromatic N) is 5. The first-order chi connectivity index (χ1) is 18.1. The lowest BCUT2D eigenvalue weighted by molar-refractivity contribution is 0.212. The van der Waals surface area contributed by atoms with Crippen LogP contribution in [-0.4, -0.2) is 52.7 Å². The average molecular weight is 551 g/mol. The molecule has 38 heavy (non-hydrogen) atoms. The molecule has 0 atom stereocenters. The highest BCUT2D eigenvalue weighted by Gasteiger charge is 2.19. The van der Waals surface area contributed by atoms with Crippen molar-refractivity contribution in [3.8, 4) is 11.1 Å². The monoisotopic (exact) mass is 550 g/mol. The van der Waals surface area contributed by atoms with E-state index >= 15 is 0 Å². The van der Waals surface area contributed by atoms with Gasteiger partial charge < -0.3 is 16.1 Å². The number of piperidine rings is 1. The summed E-state index contributed by atoms with van der Waals surface area (Å²) >= 11 is 5.12. The fraction of sp³-hybridized carbons (Fsp3) is 0.536. The minimum Gasteiger partial charge on any atom is -0.383 e. The van der Waals surface area contributed by atoms with Crippen molar-refractivity contribution >= 4 is 23.3 Å². The molecule has 0 amide bonds. The number of halogens is 2. The normalized spacial score (nSPS) is 14.9. The van der Waals surface area contributed by atoms with Crippen molar-refractivity contribution < 1.29 is 4.39 Å². The van der Waals surface area contributed by atoms with Crippen LogP contribution in [-0.2, 0) is 0 Å². The topological polar surface area (TPSA) is 110 Å². The van der Waals surface area contributed by atoms with Gasteiger partial charge in [-0.3, -0.25) is 9.67 Å². The first kappa shape index (κ1) is 35.2. The minimum absolute atomic E-state index is 0.231. The van der Waals surface area contributed by atoms with Crippen molar-refractivity contribution in [1.82, 2.24) is 25.1 Å². The Morgan fingerprint density at radius 2 is 1.79 bits per heavy atom. The molecule has 0 saturated carbocycles. The van der Waals surface area contributed by atoms with Gasteiger partial charge in [-0.15, -0.1) is 0 Å². The number of aliphatic imine (C=N–C) groups is 1. The number of hydrogen-bond acceptors (Lipinski definition) is 6. The molecule has 8 nitrogen and oxygen atoms in total. The van der Waals surface area contributed by atoms with Crippen molar-refractivity contribution in [3.63, 3.8) is 0 Å². The second-order valence-corrected chi connectivity index (χ2v) is 9.44. The average Bonchev–Trinajstić information content (AvgIpc) is 3.38. The molecule has 214 valence electrons. The molecule has 5 N–H and O–H groups in total. The number of allylic oxidation sites excluding steroid dienone is 4. The second-order valence-electron chi connectivity index (χ2n) is 8.87. The third kappa shape index (κ3) is 13.2. The Labute approximate surface area is 234 Å². The number of pyridine rings is 1. The van der Waals surface area contributed by atoms with Crippen LogP contribution in [0.4, 0.5) is 10.2 Å². The summed E-state index contributed by atoms with van der Waals surface area (Å²) in [6, 6.07) is 2.38. The van der Waals surface area contributed by atoms with Gasteiger partial charge in [-0.25, -0.2) is 15.2 Å². The lowest BCUT2D eigenvalue weighted by Crippen LogP contribution is -2.31. The van der Waals surface area contributed by atoms with Crippen LogP contribution in [0.25, 0.3) is 11.1 Å². The van der Waals surface area contributed by atoms with Crippen molar-refractivity contribution in [3.05, 3.63) is 53.2 Å². The smallest absolute Gasteiger partial charge is 0.146 e. The number of nitrogen functional groups attached to an aromatic ring is 1. The number of nitrogens with one attached hydrogen (secondary N) is 1. The molecule has 0 radical (unpaired) electrons. The first-order valence-corrected chi connectivity index (χ1v) is 13.5. The van der Waals surface area contributed by atoms with Crippen molar-refractivity contribution in [1.29, 1.82) is 0 Å². The molecule has 0 aromatic carbocycles. The molecule has 3 heterocycles. The fourth-order valence-electron chi connectivity index (χ4n) is 3.27. The van der Waals surface area contributed by atoms with Gasteiger partial charge in [0.15, 0.2) is 0 Å². The molecule has 0 unspecified atom stereocenters. The maximum atomic E-state index is 11.6. The van der Waals surface area contributed by atoms with E-state index < -0.39 is 0 Å². The van der Waals surface area contributed by atoms with Gasteiger partial charge in [0.25, 0.3) is 0 Å². The van der Waals surface area contributed by atoms with E-state index in [1.54, 1.807) is 13.2 Å². The van der Waals surface area contributed by atoms with Gasteiger partial charge in [-0.05, 0) is 66.2 Å². The molecule has 1 aliphatic rings. The van der Waals surface area contributed by atoms with Crippen LogP contribution >= 0.6 is 11.6 Å². The van der Waals surface area contributed by atoms with Crippen LogP contribution in [0, 0.1) is 0 Å². The third-order valence-electron chi connectivity index (χ3n) is 5.48. The molecule has 1 saturated heterocycles. The summed E-state index contributed by atoms with van der Waals surface area (Å²) in [6.07, 6.45) is 14.5. The van der Waals surface area contributed by atoms with E-state index in [1.165, 1.54) is 20.3 Å². The third-order valence-corrected chi connectivity index (χ3v) is 5.74. The molecule has 0 spiro atoms. The summed E-state index contributed by atoms with van der Waals surface area (Å²) in [7, 11) is 3.81. The number of amidine groups is 1. The highest BCUT2D eigenvalue weighted by atomic mass is 35.5. The van der Waals surface area contributed by atoms with Crippen LogP contribution in [0.5, 0.6) is 0 Å². The number of rotatable bonds is 4. The Hall–Kier alpha value is -2.75. The molecular formula is C28H48ClFN8. The van der Waals surface area contributed by atoms with Crippen molar-refractivity contribution in [2.24, 2.45) is 10.8 Å². The zero-order chi connectivity index (χ0) is 29.1. The zero-order valence-corrected chi connectivity index (χ0v) is 25.2. The zero-order valence-electron chi connectivity index (χ0n) is 24.4. The molecule has 0 aliphatic carbocycles. The first-order valence-electron chi connectivity index (χ1n) is 13.1. The molecule has 2 aromatic heterocycles. The van der Waals surface area contributed by atoms with Gasteiger partial charge in [-0.2, -0.15) is 5.10 Å². The Morgan fingerprint density at radius 3 is 2.21 bits per heavy atom. The van der Waals surface area contributed by atoms with Gasteiger partial charge in [0, 0.05) is 35.6 Å². The van der Waals surface area contributed by atoms with E-state index in [2.05, 4.69) is 76.3 Å². The molecule has 2 aromatic rings. The number of aromatic nitrogens is 3. The quantitative estimate of drug-likeness (QED) is 0.132. The Balaban J connectivity index is 0.000000811. The summed E-state index contributed by atoms with van der Waals surface area (Å²) < 4.78 is 13.6. The van der Waals surface area contributed by atoms with E-state index in [9.17, 15) is 4.39 Å². The van der Waals surface area contributed by atoms with Gasteiger partial charge in [0.2, 0.25) is 0 Å². The van der Waals surface area contributed by atoms with Crippen molar-refractivity contribution in [2.45, 2.75) is 73.3 Å². The van der Waals surface area contributed by atoms with E-state index in [1.807, 2.05) is 19.2 Å². The molecule has 1 fully saturated rings. The Bertz CT molecular complexity index is 990. The van der Waals surface area contributed by atoms with E-state index in [0.717, 1.165) is 43.5 Å². The number of anilines is 1. The van der Waals surface area contributed by atoms with Crippen LogP contribution < -0.4 is 17.0 Å². The number of hydrazine groups is 1. The van der Waals surface area contributed by atoms with E-state index in [0.29, 0.717) is 23.3 Å². The summed E-state index contributed by atoms with van der Waals surface area (Å²) in [5.74, 6) is 6.09. The predicted octanol–water partition coefficient (Wildman–Crippen LogP) is 6.47.